The normalized spacial score (nSPS) is 17.5. The number of piperidine rings is 1. The molecule has 112 valence electrons. The maximum absolute atomic E-state index is 4.37. The summed E-state index contributed by atoms with van der Waals surface area (Å²) >= 11 is 0. The van der Waals surface area contributed by atoms with E-state index in [9.17, 15) is 0 Å². The van der Waals surface area contributed by atoms with Crippen LogP contribution < -0.4 is 5.32 Å². The molecule has 0 unspecified atom stereocenters. The number of likely N-dealkylation sites (tertiary alicyclic amines) is 1. The third kappa shape index (κ3) is 3.70. The molecule has 1 fully saturated rings. The number of nitrogens with one attached hydrogen (secondary N) is 1. The Bertz CT molecular complexity index is 588. The van der Waals surface area contributed by atoms with Crippen molar-refractivity contribution in [3.63, 3.8) is 0 Å². The SMILES string of the molecule is CC(C)CN1CCC(Nc2ccc3nccnc3c2)CC1. The lowest BCUT2D eigenvalue weighted by atomic mass is 10.0. The Labute approximate surface area is 126 Å². The first-order chi connectivity index (χ1) is 10.2. The van der Waals surface area contributed by atoms with Gasteiger partial charge in [-0.3, -0.25) is 9.97 Å². The summed E-state index contributed by atoms with van der Waals surface area (Å²) in [7, 11) is 0. The molecule has 0 radical (unpaired) electrons. The second kappa shape index (κ2) is 6.39. The van der Waals surface area contributed by atoms with E-state index >= 15 is 0 Å². The molecule has 1 aromatic carbocycles. The minimum Gasteiger partial charge on any atom is -0.382 e. The molecule has 1 aliphatic heterocycles. The molecule has 21 heavy (non-hydrogen) atoms. The number of anilines is 1. The third-order valence-corrected chi connectivity index (χ3v) is 4.05. The first kappa shape index (κ1) is 14.3. The molecule has 0 bridgehead atoms. The molecule has 1 saturated heterocycles. The zero-order valence-electron chi connectivity index (χ0n) is 12.9. The summed E-state index contributed by atoms with van der Waals surface area (Å²) in [5.41, 5.74) is 3.07. The zero-order chi connectivity index (χ0) is 14.7. The number of hydrogen-bond donors (Lipinski definition) is 1. The van der Waals surface area contributed by atoms with Gasteiger partial charge in [0.1, 0.15) is 0 Å². The summed E-state index contributed by atoms with van der Waals surface area (Å²) in [5, 5.41) is 3.65. The fourth-order valence-corrected chi connectivity index (χ4v) is 3.07. The van der Waals surface area contributed by atoms with Crippen molar-refractivity contribution in [2.45, 2.75) is 32.7 Å². The van der Waals surface area contributed by atoms with Crippen LogP contribution in [0.5, 0.6) is 0 Å². The van der Waals surface area contributed by atoms with Crippen LogP contribution in [0.25, 0.3) is 11.0 Å². The van der Waals surface area contributed by atoms with Crippen molar-refractivity contribution in [1.82, 2.24) is 14.9 Å². The van der Waals surface area contributed by atoms with Crippen LogP contribution in [-0.2, 0) is 0 Å². The number of benzene rings is 1. The highest BCUT2D eigenvalue weighted by atomic mass is 15.1. The van der Waals surface area contributed by atoms with E-state index in [1.54, 1.807) is 12.4 Å². The van der Waals surface area contributed by atoms with Gasteiger partial charge in [0.15, 0.2) is 0 Å². The summed E-state index contributed by atoms with van der Waals surface area (Å²) in [6, 6.07) is 6.82. The topological polar surface area (TPSA) is 41.0 Å². The Hall–Kier alpha value is -1.68. The van der Waals surface area contributed by atoms with Gasteiger partial charge < -0.3 is 10.2 Å². The van der Waals surface area contributed by atoms with Gasteiger partial charge in [-0.05, 0) is 37.0 Å². The summed E-state index contributed by atoms with van der Waals surface area (Å²) in [6.07, 6.45) is 5.91. The minimum atomic E-state index is 0.572. The summed E-state index contributed by atoms with van der Waals surface area (Å²) in [6.45, 7) is 8.20. The average molecular weight is 284 g/mol. The first-order valence-electron chi connectivity index (χ1n) is 7.90. The number of nitrogens with zero attached hydrogens (tertiary/aromatic N) is 3. The van der Waals surface area contributed by atoms with Gasteiger partial charge in [-0.25, -0.2) is 0 Å². The number of rotatable bonds is 4. The van der Waals surface area contributed by atoms with Crippen LogP contribution in [0.15, 0.2) is 30.6 Å². The highest BCUT2D eigenvalue weighted by molar-refractivity contribution is 5.78. The Morgan fingerprint density at radius 3 is 2.57 bits per heavy atom. The van der Waals surface area contributed by atoms with E-state index in [1.165, 1.54) is 32.5 Å². The molecule has 0 aliphatic carbocycles. The molecule has 0 amide bonds. The molecular weight excluding hydrogens is 260 g/mol. The van der Waals surface area contributed by atoms with Crippen LogP contribution in [0.3, 0.4) is 0 Å². The van der Waals surface area contributed by atoms with Crippen molar-refractivity contribution in [3.05, 3.63) is 30.6 Å². The molecule has 1 aliphatic rings. The largest absolute Gasteiger partial charge is 0.382 e. The van der Waals surface area contributed by atoms with Gasteiger partial charge >= 0.3 is 0 Å². The van der Waals surface area contributed by atoms with Crippen LogP contribution >= 0.6 is 0 Å². The van der Waals surface area contributed by atoms with Crippen LogP contribution in [0.4, 0.5) is 5.69 Å². The van der Waals surface area contributed by atoms with Gasteiger partial charge in [-0.15, -0.1) is 0 Å². The second-order valence-corrected chi connectivity index (χ2v) is 6.37. The van der Waals surface area contributed by atoms with Crippen molar-refractivity contribution in [1.29, 1.82) is 0 Å². The van der Waals surface area contributed by atoms with Crippen molar-refractivity contribution in [3.8, 4) is 0 Å². The maximum Gasteiger partial charge on any atom is 0.0907 e. The lowest BCUT2D eigenvalue weighted by Crippen LogP contribution is -2.40. The van der Waals surface area contributed by atoms with Crippen LogP contribution in [-0.4, -0.2) is 40.5 Å². The smallest absolute Gasteiger partial charge is 0.0907 e. The Balaban J connectivity index is 1.59. The van der Waals surface area contributed by atoms with Crippen molar-refractivity contribution in [2.75, 3.05) is 25.0 Å². The predicted molar refractivity (Wildman–Crippen MR) is 87.5 cm³/mol. The molecule has 0 saturated carbocycles. The number of aromatic nitrogens is 2. The zero-order valence-corrected chi connectivity index (χ0v) is 12.9. The number of hydrogen-bond acceptors (Lipinski definition) is 4. The van der Waals surface area contributed by atoms with Gasteiger partial charge in [-0.2, -0.15) is 0 Å². The van der Waals surface area contributed by atoms with E-state index in [-0.39, 0.29) is 0 Å². The summed E-state index contributed by atoms with van der Waals surface area (Å²) in [5.74, 6) is 0.758. The van der Waals surface area contributed by atoms with Gasteiger partial charge in [0.2, 0.25) is 0 Å². The lowest BCUT2D eigenvalue weighted by molar-refractivity contribution is 0.198. The second-order valence-electron chi connectivity index (χ2n) is 6.37. The van der Waals surface area contributed by atoms with E-state index in [0.717, 1.165) is 22.6 Å². The lowest BCUT2D eigenvalue weighted by Gasteiger charge is -2.33. The molecule has 0 spiro atoms. The summed E-state index contributed by atoms with van der Waals surface area (Å²) in [4.78, 5) is 11.3. The Kier molecular flexibility index (Phi) is 4.34. The van der Waals surface area contributed by atoms with Gasteiger partial charge in [0.25, 0.3) is 0 Å². The maximum atomic E-state index is 4.37. The van der Waals surface area contributed by atoms with Crippen molar-refractivity contribution >= 4 is 16.7 Å². The molecule has 1 N–H and O–H groups in total. The quantitative estimate of drug-likeness (QED) is 0.936. The minimum absolute atomic E-state index is 0.572. The Morgan fingerprint density at radius 2 is 1.86 bits per heavy atom. The predicted octanol–water partition coefficient (Wildman–Crippen LogP) is 3.16. The van der Waals surface area contributed by atoms with Gasteiger partial charge in [-0.1, -0.05) is 13.8 Å². The highest BCUT2D eigenvalue weighted by Crippen LogP contribution is 2.20. The van der Waals surface area contributed by atoms with Gasteiger partial charge in [0, 0.05) is 43.8 Å². The van der Waals surface area contributed by atoms with Crippen molar-refractivity contribution in [2.24, 2.45) is 5.92 Å². The van der Waals surface area contributed by atoms with E-state index in [2.05, 4.69) is 46.2 Å². The van der Waals surface area contributed by atoms with E-state index in [0.29, 0.717) is 6.04 Å². The molecule has 4 heteroatoms. The molecule has 0 atom stereocenters. The molecule has 2 aromatic rings. The third-order valence-electron chi connectivity index (χ3n) is 4.05. The van der Waals surface area contributed by atoms with E-state index < -0.39 is 0 Å². The monoisotopic (exact) mass is 284 g/mol. The average Bonchev–Trinajstić information content (AvgIpc) is 2.49. The molecular formula is C17H24N4. The number of fused-ring (bicyclic) bond motifs is 1. The van der Waals surface area contributed by atoms with Crippen LogP contribution in [0.1, 0.15) is 26.7 Å². The molecule has 3 rings (SSSR count). The fourth-order valence-electron chi connectivity index (χ4n) is 3.07. The Morgan fingerprint density at radius 1 is 1.14 bits per heavy atom. The van der Waals surface area contributed by atoms with E-state index in [4.69, 9.17) is 0 Å². The first-order valence-corrected chi connectivity index (χ1v) is 7.90. The summed E-state index contributed by atoms with van der Waals surface area (Å²) < 4.78 is 0. The molecule has 1 aromatic heterocycles. The molecule has 2 heterocycles. The standard InChI is InChI=1S/C17H24N4/c1-13(2)12-21-9-5-14(6-10-21)20-15-3-4-16-17(11-15)19-8-7-18-16/h3-4,7-8,11,13-14,20H,5-6,9-10,12H2,1-2H3. The molecule has 4 nitrogen and oxygen atoms in total. The van der Waals surface area contributed by atoms with E-state index in [1.807, 2.05) is 6.07 Å². The van der Waals surface area contributed by atoms with Crippen molar-refractivity contribution < 1.29 is 0 Å². The van der Waals surface area contributed by atoms with Crippen LogP contribution in [0, 0.1) is 5.92 Å². The van der Waals surface area contributed by atoms with Crippen LogP contribution in [0.2, 0.25) is 0 Å². The fraction of sp³-hybridized carbons (Fsp3) is 0.529. The van der Waals surface area contributed by atoms with Gasteiger partial charge in [0.05, 0.1) is 11.0 Å². The highest BCUT2D eigenvalue weighted by Gasteiger charge is 2.19.